The Labute approximate surface area is 117 Å². The third kappa shape index (κ3) is 2.95. The summed E-state index contributed by atoms with van der Waals surface area (Å²) in [5.74, 6) is 2.54. The molecular formula is C13H22IN3. The van der Waals surface area contributed by atoms with Gasteiger partial charge in [0.25, 0.3) is 0 Å². The van der Waals surface area contributed by atoms with Crippen LogP contribution in [0.1, 0.15) is 52.0 Å². The molecule has 4 heteroatoms. The number of rotatable bonds is 2. The van der Waals surface area contributed by atoms with Crippen LogP contribution in [0.2, 0.25) is 0 Å². The van der Waals surface area contributed by atoms with Crippen molar-refractivity contribution in [1.29, 1.82) is 0 Å². The molecule has 0 amide bonds. The quantitative estimate of drug-likeness (QED) is 0.652. The van der Waals surface area contributed by atoms with Gasteiger partial charge in [-0.15, -0.1) is 0 Å². The molecule has 0 aliphatic heterocycles. The Morgan fingerprint density at radius 1 is 1.35 bits per heavy atom. The fraction of sp³-hybridized carbons (Fsp3) is 0.769. The van der Waals surface area contributed by atoms with Crippen molar-refractivity contribution in [2.45, 2.75) is 52.0 Å². The second-order valence-corrected chi connectivity index (χ2v) is 6.65. The lowest BCUT2D eigenvalue weighted by Gasteiger charge is -2.19. The van der Waals surface area contributed by atoms with Crippen LogP contribution in [0, 0.1) is 15.4 Å². The molecule has 0 aromatic carbocycles. The number of aromatic nitrogens is 2. The predicted octanol–water partition coefficient (Wildman–Crippen LogP) is 3.85. The lowest BCUT2D eigenvalue weighted by Crippen LogP contribution is -2.13. The van der Waals surface area contributed by atoms with Crippen molar-refractivity contribution in [3.63, 3.8) is 0 Å². The molecule has 1 fully saturated rings. The van der Waals surface area contributed by atoms with Gasteiger partial charge in [-0.2, -0.15) is 5.10 Å². The van der Waals surface area contributed by atoms with Gasteiger partial charge in [0.05, 0.1) is 15.8 Å². The molecule has 96 valence electrons. The van der Waals surface area contributed by atoms with Gasteiger partial charge < -0.3 is 5.73 Å². The van der Waals surface area contributed by atoms with Gasteiger partial charge in [0, 0.05) is 0 Å². The van der Waals surface area contributed by atoms with Crippen LogP contribution in [-0.2, 0) is 0 Å². The number of nitrogen functional groups attached to an aromatic ring is 1. The highest BCUT2D eigenvalue weighted by molar-refractivity contribution is 14.1. The zero-order valence-corrected chi connectivity index (χ0v) is 12.9. The van der Waals surface area contributed by atoms with Crippen molar-refractivity contribution in [3.05, 3.63) is 9.77 Å². The SMILES string of the molecule is CC(C)C1CCCC(n2ncc(I)c2N)CC1. The number of nitrogens with zero attached hydrogens (tertiary/aromatic N) is 2. The lowest BCUT2D eigenvalue weighted by molar-refractivity contribution is 0.332. The van der Waals surface area contributed by atoms with E-state index in [0.29, 0.717) is 6.04 Å². The van der Waals surface area contributed by atoms with Gasteiger partial charge in [-0.1, -0.05) is 26.7 Å². The second-order valence-electron chi connectivity index (χ2n) is 5.49. The van der Waals surface area contributed by atoms with Crippen LogP contribution in [-0.4, -0.2) is 9.78 Å². The summed E-state index contributed by atoms with van der Waals surface area (Å²) in [6, 6.07) is 0.516. The summed E-state index contributed by atoms with van der Waals surface area (Å²) in [7, 11) is 0. The molecule has 0 saturated heterocycles. The molecule has 2 unspecified atom stereocenters. The van der Waals surface area contributed by atoms with Crippen LogP contribution in [0.4, 0.5) is 5.82 Å². The molecule has 1 aromatic rings. The monoisotopic (exact) mass is 347 g/mol. The van der Waals surface area contributed by atoms with E-state index < -0.39 is 0 Å². The van der Waals surface area contributed by atoms with Gasteiger partial charge >= 0.3 is 0 Å². The third-order valence-corrected chi connectivity index (χ3v) is 4.89. The minimum Gasteiger partial charge on any atom is -0.383 e. The molecule has 17 heavy (non-hydrogen) atoms. The van der Waals surface area contributed by atoms with E-state index in [1.165, 1.54) is 32.1 Å². The Morgan fingerprint density at radius 2 is 2.12 bits per heavy atom. The molecule has 0 spiro atoms. The topological polar surface area (TPSA) is 43.8 Å². The first kappa shape index (κ1) is 13.2. The molecule has 0 bridgehead atoms. The Kier molecular flexibility index (Phi) is 4.33. The first-order chi connectivity index (χ1) is 8.09. The van der Waals surface area contributed by atoms with E-state index in [2.05, 4.69) is 41.5 Å². The minimum atomic E-state index is 0.516. The van der Waals surface area contributed by atoms with Crippen molar-refractivity contribution in [2.75, 3.05) is 5.73 Å². The average Bonchev–Trinajstić information content (AvgIpc) is 2.55. The summed E-state index contributed by atoms with van der Waals surface area (Å²) in [4.78, 5) is 0. The zero-order valence-electron chi connectivity index (χ0n) is 10.7. The highest BCUT2D eigenvalue weighted by Gasteiger charge is 2.23. The second kappa shape index (κ2) is 5.59. The molecular weight excluding hydrogens is 325 g/mol. The fourth-order valence-electron chi connectivity index (χ4n) is 2.86. The van der Waals surface area contributed by atoms with Crippen molar-refractivity contribution in [3.8, 4) is 0 Å². The molecule has 2 N–H and O–H groups in total. The summed E-state index contributed by atoms with van der Waals surface area (Å²) in [6.07, 6.45) is 8.32. The predicted molar refractivity (Wildman–Crippen MR) is 79.8 cm³/mol. The number of hydrogen-bond donors (Lipinski definition) is 1. The third-order valence-electron chi connectivity index (χ3n) is 4.06. The van der Waals surface area contributed by atoms with Gasteiger partial charge in [0.15, 0.2) is 0 Å². The number of nitrogens with two attached hydrogens (primary N) is 1. The molecule has 1 aliphatic carbocycles. The average molecular weight is 347 g/mol. The summed E-state index contributed by atoms with van der Waals surface area (Å²) >= 11 is 2.26. The van der Waals surface area contributed by atoms with E-state index in [1.54, 1.807) is 0 Å². The highest BCUT2D eigenvalue weighted by atomic mass is 127. The lowest BCUT2D eigenvalue weighted by atomic mass is 9.89. The molecule has 2 atom stereocenters. The molecule has 1 heterocycles. The highest BCUT2D eigenvalue weighted by Crippen LogP contribution is 2.35. The van der Waals surface area contributed by atoms with Crippen LogP contribution in [0.25, 0.3) is 0 Å². The number of hydrogen-bond acceptors (Lipinski definition) is 2. The van der Waals surface area contributed by atoms with Crippen molar-refractivity contribution < 1.29 is 0 Å². The van der Waals surface area contributed by atoms with E-state index >= 15 is 0 Å². The van der Waals surface area contributed by atoms with E-state index in [1.807, 2.05) is 10.9 Å². The zero-order chi connectivity index (χ0) is 12.4. The summed E-state index contributed by atoms with van der Waals surface area (Å²) in [5.41, 5.74) is 6.07. The van der Waals surface area contributed by atoms with Crippen LogP contribution < -0.4 is 5.73 Å². The Morgan fingerprint density at radius 3 is 2.71 bits per heavy atom. The molecule has 0 radical (unpaired) electrons. The smallest absolute Gasteiger partial charge is 0.135 e. The maximum Gasteiger partial charge on any atom is 0.135 e. The normalized spacial score (nSPS) is 26.1. The van der Waals surface area contributed by atoms with E-state index in [-0.39, 0.29) is 0 Å². The van der Waals surface area contributed by atoms with E-state index in [4.69, 9.17) is 5.73 Å². The fourth-order valence-corrected chi connectivity index (χ4v) is 3.24. The van der Waals surface area contributed by atoms with E-state index in [9.17, 15) is 0 Å². The van der Waals surface area contributed by atoms with Gasteiger partial charge in [-0.25, -0.2) is 4.68 Å². The van der Waals surface area contributed by atoms with Crippen LogP contribution >= 0.6 is 22.6 Å². The van der Waals surface area contributed by atoms with Crippen LogP contribution in [0.5, 0.6) is 0 Å². The van der Waals surface area contributed by atoms with E-state index in [0.717, 1.165) is 21.2 Å². The number of halogens is 1. The maximum absolute atomic E-state index is 6.07. The summed E-state index contributed by atoms with van der Waals surface area (Å²) in [5, 5.41) is 4.43. The van der Waals surface area contributed by atoms with Gasteiger partial charge in [-0.3, -0.25) is 0 Å². The minimum absolute atomic E-state index is 0.516. The first-order valence-electron chi connectivity index (χ1n) is 6.58. The summed E-state index contributed by atoms with van der Waals surface area (Å²) in [6.45, 7) is 4.69. The molecule has 1 aliphatic rings. The van der Waals surface area contributed by atoms with Crippen molar-refractivity contribution in [2.24, 2.45) is 11.8 Å². The van der Waals surface area contributed by atoms with Crippen molar-refractivity contribution >= 4 is 28.4 Å². The van der Waals surface area contributed by atoms with Gasteiger partial charge in [-0.05, 0) is 53.7 Å². The maximum atomic E-state index is 6.07. The molecule has 3 nitrogen and oxygen atoms in total. The van der Waals surface area contributed by atoms with Crippen LogP contribution in [0.15, 0.2) is 6.20 Å². The Hall–Kier alpha value is -0.260. The Bertz CT molecular complexity index is 373. The van der Waals surface area contributed by atoms with Crippen molar-refractivity contribution in [1.82, 2.24) is 9.78 Å². The standard InChI is InChI=1S/C13H22IN3/c1-9(2)10-4-3-5-11(7-6-10)17-13(15)12(14)8-16-17/h8-11H,3-7,15H2,1-2H3. The first-order valence-corrected chi connectivity index (χ1v) is 7.66. The summed E-state index contributed by atoms with van der Waals surface area (Å²) < 4.78 is 3.12. The largest absolute Gasteiger partial charge is 0.383 e. The number of anilines is 1. The van der Waals surface area contributed by atoms with Gasteiger partial charge in [0.1, 0.15) is 5.82 Å². The van der Waals surface area contributed by atoms with Crippen LogP contribution in [0.3, 0.4) is 0 Å². The van der Waals surface area contributed by atoms with Gasteiger partial charge in [0.2, 0.25) is 0 Å². The Balaban J connectivity index is 2.06. The molecule has 1 saturated carbocycles. The molecule has 1 aromatic heterocycles. The molecule has 2 rings (SSSR count).